The Morgan fingerprint density at radius 1 is 1.44 bits per heavy atom. The van der Waals surface area contributed by atoms with Gasteiger partial charge in [0, 0.05) is 7.05 Å². The first-order chi connectivity index (χ1) is 8.20. The average Bonchev–Trinajstić information content (AvgIpc) is 2.54. The van der Waals surface area contributed by atoms with E-state index in [1.807, 2.05) is 0 Å². The molecular weight excluding hydrogens is 234 g/mol. The third kappa shape index (κ3) is 3.87. The van der Waals surface area contributed by atoms with Gasteiger partial charge in [-0.15, -0.1) is 0 Å². The highest BCUT2D eigenvalue weighted by Gasteiger charge is 2.18. The topological polar surface area (TPSA) is 73.2 Å². The van der Waals surface area contributed by atoms with E-state index in [-0.39, 0.29) is 12.3 Å². The first kappa shape index (κ1) is 14.2. The SMILES string of the molecule is CC(=O)c1cnn(C)c1CNC(=O)OC(C)(C)C. The Labute approximate surface area is 106 Å². The quantitative estimate of drug-likeness (QED) is 0.831. The molecule has 0 radical (unpaired) electrons. The van der Waals surface area contributed by atoms with Crippen LogP contribution in [0.25, 0.3) is 0 Å². The second-order valence-corrected chi connectivity index (χ2v) is 5.04. The number of alkyl carbamates (subject to hydrolysis) is 1. The molecule has 100 valence electrons. The van der Waals surface area contributed by atoms with E-state index in [9.17, 15) is 9.59 Å². The molecule has 0 aliphatic heterocycles. The molecule has 0 aliphatic rings. The van der Waals surface area contributed by atoms with Gasteiger partial charge in [-0.3, -0.25) is 9.48 Å². The molecule has 0 saturated heterocycles. The third-order valence-corrected chi connectivity index (χ3v) is 2.24. The second-order valence-electron chi connectivity index (χ2n) is 5.04. The molecule has 18 heavy (non-hydrogen) atoms. The summed E-state index contributed by atoms with van der Waals surface area (Å²) in [6, 6.07) is 0. The summed E-state index contributed by atoms with van der Waals surface area (Å²) >= 11 is 0. The number of ketones is 1. The number of ether oxygens (including phenoxy) is 1. The van der Waals surface area contributed by atoms with Crippen molar-refractivity contribution in [1.29, 1.82) is 0 Å². The molecule has 6 heteroatoms. The molecule has 0 fully saturated rings. The molecule has 6 nitrogen and oxygen atoms in total. The third-order valence-electron chi connectivity index (χ3n) is 2.24. The molecule has 0 saturated carbocycles. The van der Waals surface area contributed by atoms with Crippen molar-refractivity contribution in [2.45, 2.75) is 39.8 Å². The smallest absolute Gasteiger partial charge is 0.407 e. The van der Waals surface area contributed by atoms with Crippen LogP contribution in [0.4, 0.5) is 4.79 Å². The van der Waals surface area contributed by atoms with Crippen LogP contribution in [0.15, 0.2) is 6.20 Å². The van der Waals surface area contributed by atoms with Gasteiger partial charge in [0.15, 0.2) is 5.78 Å². The number of carbonyl (C=O) groups excluding carboxylic acids is 2. The van der Waals surface area contributed by atoms with Crippen molar-refractivity contribution < 1.29 is 14.3 Å². The van der Waals surface area contributed by atoms with E-state index in [4.69, 9.17) is 4.74 Å². The van der Waals surface area contributed by atoms with Crippen molar-refractivity contribution in [1.82, 2.24) is 15.1 Å². The lowest BCUT2D eigenvalue weighted by Crippen LogP contribution is -2.32. The van der Waals surface area contributed by atoms with Crippen LogP contribution >= 0.6 is 0 Å². The molecule has 0 spiro atoms. The summed E-state index contributed by atoms with van der Waals surface area (Å²) in [6.45, 7) is 7.04. The number of hydrogen-bond acceptors (Lipinski definition) is 4. The standard InChI is InChI=1S/C12H19N3O3/c1-8(16)9-6-14-15(5)10(9)7-13-11(17)18-12(2,3)4/h6H,7H2,1-5H3,(H,13,17). The van der Waals surface area contributed by atoms with Crippen LogP contribution in [0.5, 0.6) is 0 Å². The molecule has 0 aromatic carbocycles. The van der Waals surface area contributed by atoms with Crippen LogP contribution in [-0.2, 0) is 18.3 Å². The van der Waals surface area contributed by atoms with Crippen LogP contribution < -0.4 is 5.32 Å². The highest BCUT2D eigenvalue weighted by Crippen LogP contribution is 2.10. The molecule has 1 heterocycles. The van der Waals surface area contributed by atoms with Crippen LogP contribution in [0.3, 0.4) is 0 Å². The van der Waals surface area contributed by atoms with Gasteiger partial charge in [-0.25, -0.2) is 4.79 Å². The fourth-order valence-electron chi connectivity index (χ4n) is 1.44. The van der Waals surface area contributed by atoms with Crippen LogP contribution in [-0.4, -0.2) is 27.3 Å². The fraction of sp³-hybridized carbons (Fsp3) is 0.583. The maximum atomic E-state index is 11.5. The lowest BCUT2D eigenvalue weighted by atomic mass is 10.2. The largest absolute Gasteiger partial charge is 0.444 e. The summed E-state index contributed by atoms with van der Waals surface area (Å²) in [5.41, 5.74) is 0.627. The Kier molecular flexibility index (Phi) is 4.11. The minimum atomic E-state index is -0.542. The van der Waals surface area contributed by atoms with E-state index in [1.165, 1.54) is 13.1 Å². The Morgan fingerprint density at radius 3 is 2.56 bits per heavy atom. The zero-order valence-corrected chi connectivity index (χ0v) is 11.4. The van der Waals surface area contributed by atoms with E-state index in [0.29, 0.717) is 11.3 Å². The van der Waals surface area contributed by atoms with Crippen LogP contribution in [0.2, 0.25) is 0 Å². The maximum absolute atomic E-state index is 11.5. The van der Waals surface area contributed by atoms with E-state index in [2.05, 4.69) is 10.4 Å². The molecule has 1 N–H and O–H groups in total. The van der Waals surface area contributed by atoms with Gasteiger partial charge < -0.3 is 10.1 Å². The van der Waals surface area contributed by atoms with Crippen molar-refractivity contribution >= 4 is 11.9 Å². The molecule has 0 aliphatic carbocycles. The van der Waals surface area contributed by atoms with Crippen molar-refractivity contribution in [3.63, 3.8) is 0 Å². The van der Waals surface area contributed by atoms with Gasteiger partial charge in [0.05, 0.1) is 24.0 Å². The first-order valence-corrected chi connectivity index (χ1v) is 5.69. The van der Waals surface area contributed by atoms with E-state index in [1.54, 1.807) is 32.5 Å². The van der Waals surface area contributed by atoms with E-state index in [0.717, 1.165) is 0 Å². The van der Waals surface area contributed by atoms with Gasteiger partial charge in [-0.2, -0.15) is 5.10 Å². The average molecular weight is 253 g/mol. The van der Waals surface area contributed by atoms with Crippen LogP contribution in [0.1, 0.15) is 43.7 Å². The Balaban J connectivity index is 2.67. The van der Waals surface area contributed by atoms with Gasteiger partial charge >= 0.3 is 6.09 Å². The Hall–Kier alpha value is -1.85. The fourth-order valence-corrected chi connectivity index (χ4v) is 1.44. The van der Waals surface area contributed by atoms with Gasteiger partial charge in [0.1, 0.15) is 5.60 Å². The van der Waals surface area contributed by atoms with Gasteiger partial charge in [-0.05, 0) is 27.7 Å². The number of aromatic nitrogens is 2. The number of hydrogen-bond donors (Lipinski definition) is 1. The zero-order valence-electron chi connectivity index (χ0n) is 11.4. The minimum Gasteiger partial charge on any atom is -0.444 e. The van der Waals surface area contributed by atoms with Crippen LogP contribution in [0, 0.1) is 0 Å². The number of nitrogens with one attached hydrogen (secondary N) is 1. The Morgan fingerprint density at radius 2 is 2.06 bits per heavy atom. The summed E-state index contributed by atoms with van der Waals surface area (Å²) in [6.07, 6.45) is 0.979. The second kappa shape index (κ2) is 5.20. The zero-order chi connectivity index (χ0) is 13.9. The number of Topliss-reactive ketones (excluding diaryl/α,β-unsaturated/α-hetero) is 1. The highest BCUT2D eigenvalue weighted by molar-refractivity contribution is 5.95. The van der Waals surface area contributed by atoms with Crippen molar-refractivity contribution in [3.05, 3.63) is 17.5 Å². The molecule has 1 amide bonds. The number of amides is 1. The van der Waals surface area contributed by atoms with E-state index < -0.39 is 11.7 Å². The normalized spacial score (nSPS) is 11.2. The molecule has 0 bridgehead atoms. The first-order valence-electron chi connectivity index (χ1n) is 5.69. The van der Waals surface area contributed by atoms with Crippen molar-refractivity contribution in [2.75, 3.05) is 0 Å². The minimum absolute atomic E-state index is 0.0795. The molecule has 0 atom stereocenters. The molecule has 1 rings (SSSR count). The lowest BCUT2D eigenvalue weighted by Gasteiger charge is -2.19. The van der Waals surface area contributed by atoms with E-state index >= 15 is 0 Å². The maximum Gasteiger partial charge on any atom is 0.407 e. The summed E-state index contributed by atoms with van der Waals surface area (Å²) in [7, 11) is 1.72. The highest BCUT2D eigenvalue weighted by atomic mass is 16.6. The monoisotopic (exact) mass is 253 g/mol. The molecular formula is C12H19N3O3. The van der Waals surface area contributed by atoms with Gasteiger partial charge in [0.2, 0.25) is 0 Å². The van der Waals surface area contributed by atoms with Crippen molar-refractivity contribution in [2.24, 2.45) is 7.05 Å². The number of carbonyl (C=O) groups is 2. The summed E-state index contributed by atoms with van der Waals surface area (Å²) in [4.78, 5) is 22.9. The molecule has 1 aromatic rings. The predicted octanol–water partition coefficient (Wildman–Crippen LogP) is 1.65. The number of rotatable bonds is 3. The molecule has 0 unspecified atom stereocenters. The summed E-state index contributed by atoms with van der Waals surface area (Å²) in [5.74, 6) is -0.0795. The predicted molar refractivity (Wildman–Crippen MR) is 66.3 cm³/mol. The van der Waals surface area contributed by atoms with Crippen molar-refractivity contribution in [3.8, 4) is 0 Å². The van der Waals surface area contributed by atoms with Gasteiger partial charge in [-0.1, -0.05) is 0 Å². The number of nitrogens with zero attached hydrogens (tertiary/aromatic N) is 2. The molecule has 1 aromatic heterocycles. The van der Waals surface area contributed by atoms with Gasteiger partial charge in [0.25, 0.3) is 0 Å². The lowest BCUT2D eigenvalue weighted by molar-refractivity contribution is 0.0521. The Bertz CT molecular complexity index is 458. The number of aryl methyl sites for hydroxylation is 1. The summed E-state index contributed by atoms with van der Waals surface area (Å²) < 4.78 is 6.68. The summed E-state index contributed by atoms with van der Waals surface area (Å²) in [5, 5.41) is 6.60.